The standard InChI is InChI=1S/C10H12N4O3/c1-6-3-4-7(16-6)5-14(2)10(15)8-9(11)13-17-12-8/h3-4H,5H2,1-2H3,(H2,11,13). The molecule has 2 rings (SSSR count). The Morgan fingerprint density at radius 1 is 1.47 bits per heavy atom. The Balaban J connectivity index is 2.08. The van der Waals surface area contributed by atoms with Gasteiger partial charge in [-0.05, 0) is 29.4 Å². The molecule has 7 heteroatoms. The molecule has 0 saturated carbocycles. The lowest BCUT2D eigenvalue weighted by Gasteiger charge is -2.13. The van der Waals surface area contributed by atoms with Crippen LogP contribution in [0, 0.1) is 6.92 Å². The van der Waals surface area contributed by atoms with Crippen molar-refractivity contribution in [2.24, 2.45) is 0 Å². The summed E-state index contributed by atoms with van der Waals surface area (Å²) in [5.74, 6) is 1.10. The first-order chi connectivity index (χ1) is 8.08. The maximum absolute atomic E-state index is 11.9. The van der Waals surface area contributed by atoms with Crippen LogP contribution in [0.1, 0.15) is 22.0 Å². The molecule has 2 aromatic heterocycles. The van der Waals surface area contributed by atoms with E-state index in [0.29, 0.717) is 12.3 Å². The molecule has 0 bridgehead atoms. The van der Waals surface area contributed by atoms with Crippen molar-refractivity contribution in [1.29, 1.82) is 0 Å². The Hall–Kier alpha value is -2.31. The average molecular weight is 236 g/mol. The van der Waals surface area contributed by atoms with E-state index in [-0.39, 0.29) is 17.4 Å². The van der Waals surface area contributed by atoms with Gasteiger partial charge in [-0.25, -0.2) is 4.63 Å². The van der Waals surface area contributed by atoms with E-state index in [0.717, 1.165) is 5.76 Å². The lowest BCUT2D eigenvalue weighted by atomic mass is 10.3. The number of aryl methyl sites for hydroxylation is 1. The third-order valence-electron chi connectivity index (χ3n) is 2.25. The molecule has 0 aromatic carbocycles. The van der Waals surface area contributed by atoms with Gasteiger partial charge in [0.15, 0.2) is 0 Å². The minimum atomic E-state index is -0.363. The Morgan fingerprint density at radius 2 is 2.24 bits per heavy atom. The maximum atomic E-state index is 11.9. The van der Waals surface area contributed by atoms with Crippen LogP contribution in [-0.4, -0.2) is 28.2 Å². The molecule has 7 nitrogen and oxygen atoms in total. The number of nitrogen functional groups attached to an aromatic ring is 1. The van der Waals surface area contributed by atoms with Crippen molar-refractivity contribution in [3.63, 3.8) is 0 Å². The van der Waals surface area contributed by atoms with Crippen LogP contribution >= 0.6 is 0 Å². The summed E-state index contributed by atoms with van der Waals surface area (Å²) in [5.41, 5.74) is 5.45. The number of hydrogen-bond acceptors (Lipinski definition) is 6. The van der Waals surface area contributed by atoms with E-state index >= 15 is 0 Å². The van der Waals surface area contributed by atoms with Crippen LogP contribution in [0.15, 0.2) is 21.2 Å². The van der Waals surface area contributed by atoms with Crippen molar-refractivity contribution in [2.75, 3.05) is 12.8 Å². The highest BCUT2D eigenvalue weighted by Gasteiger charge is 2.20. The molecule has 0 aliphatic heterocycles. The van der Waals surface area contributed by atoms with Gasteiger partial charge in [-0.2, -0.15) is 0 Å². The molecule has 90 valence electrons. The molecule has 0 unspecified atom stereocenters. The fraction of sp³-hybridized carbons (Fsp3) is 0.300. The van der Waals surface area contributed by atoms with Crippen molar-refractivity contribution < 1.29 is 13.8 Å². The third-order valence-corrected chi connectivity index (χ3v) is 2.25. The SMILES string of the molecule is Cc1ccc(CN(C)C(=O)c2nonc2N)o1. The van der Waals surface area contributed by atoms with Gasteiger partial charge in [-0.3, -0.25) is 4.79 Å². The van der Waals surface area contributed by atoms with Crippen molar-refractivity contribution in [1.82, 2.24) is 15.2 Å². The fourth-order valence-electron chi connectivity index (χ4n) is 1.40. The molecular formula is C10H12N4O3. The average Bonchev–Trinajstić information content (AvgIpc) is 2.86. The predicted octanol–water partition coefficient (Wildman–Crippen LogP) is 0.825. The molecule has 0 atom stereocenters. The molecule has 1 amide bonds. The number of aromatic nitrogens is 2. The molecule has 0 aliphatic rings. The number of amides is 1. The minimum absolute atomic E-state index is 0.00998. The van der Waals surface area contributed by atoms with Crippen LogP contribution in [0.3, 0.4) is 0 Å². The largest absolute Gasteiger partial charge is 0.464 e. The molecule has 2 N–H and O–H groups in total. The van der Waals surface area contributed by atoms with Gasteiger partial charge in [0.1, 0.15) is 11.5 Å². The second-order valence-electron chi connectivity index (χ2n) is 3.67. The predicted molar refractivity (Wildman–Crippen MR) is 58.0 cm³/mol. The van der Waals surface area contributed by atoms with Crippen LogP contribution in [-0.2, 0) is 6.54 Å². The highest BCUT2D eigenvalue weighted by molar-refractivity contribution is 5.95. The van der Waals surface area contributed by atoms with Crippen LogP contribution in [0.2, 0.25) is 0 Å². The van der Waals surface area contributed by atoms with Gasteiger partial charge < -0.3 is 15.1 Å². The normalized spacial score (nSPS) is 10.5. The lowest BCUT2D eigenvalue weighted by molar-refractivity contribution is 0.0764. The third kappa shape index (κ3) is 2.27. The van der Waals surface area contributed by atoms with Gasteiger partial charge >= 0.3 is 0 Å². The summed E-state index contributed by atoms with van der Waals surface area (Å²) >= 11 is 0. The van der Waals surface area contributed by atoms with E-state index in [9.17, 15) is 4.79 Å². The summed E-state index contributed by atoms with van der Waals surface area (Å²) < 4.78 is 9.74. The molecular weight excluding hydrogens is 224 g/mol. The number of hydrogen-bond donors (Lipinski definition) is 1. The van der Waals surface area contributed by atoms with E-state index in [1.54, 1.807) is 7.05 Å². The number of carbonyl (C=O) groups excluding carboxylic acids is 1. The molecule has 17 heavy (non-hydrogen) atoms. The fourth-order valence-corrected chi connectivity index (χ4v) is 1.40. The minimum Gasteiger partial charge on any atom is -0.464 e. The molecule has 0 fully saturated rings. The van der Waals surface area contributed by atoms with Gasteiger partial charge in [0.05, 0.1) is 6.54 Å². The van der Waals surface area contributed by atoms with Crippen LogP contribution in [0.4, 0.5) is 5.82 Å². The van der Waals surface area contributed by atoms with E-state index in [1.807, 2.05) is 19.1 Å². The summed E-state index contributed by atoms with van der Waals surface area (Å²) in [6.07, 6.45) is 0. The first kappa shape index (κ1) is 11.2. The molecule has 2 aromatic rings. The van der Waals surface area contributed by atoms with Crippen LogP contribution < -0.4 is 5.73 Å². The van der Waals surface area contributed by atoms with Crippen molar-refractivity contribution in [2.45, 2.75) is 13.5 Å². The molecule has 0 spiro atoms. The van der Waals surface area contributed by atoms with Gasteiger partial charge in [-0.1, -0.05) is 0 Å². The summed E-state index contributed by atoms with van der Waals surface area (Å²) in [6, 6.07) is 3.64. The zero-order valence-corrected chi connectivity index (χ0v) is 9.51. The zero-order valence-electron chi connectivity index (χ0n) is 9.51. The quantitative estimate of drug-likeness (QED) is 0.847. The Morgan fingerprint density at radius 3 is 2.76 bits per heavy atom. The van der Waals surface area contributed by atoms with E-state index in [1.165, 1.54) is 4.90 Å². The van der Waals surface area contributed by atoms with Crippen LogP contribution in [0.25, 0.3) is 0 Å². The number of carbonyl (C=O) groups is 1. The number of furan rings is 1. The summed E-state index contributed by atoms with van der Waals surface area (Å²) in [7, 11) is 1.62. The highest BCUT2D eigenvalue weighted by atomic mass is 16.6. The lowest BCUT2D eigenvalue weighted by Crippen LogP contribution is -2.27. The second-order valence-corrected chi connectivity index (χ2v) is 3.67. The molecule has 0 aliphatic carbocycles. The van der Waals surface area contributed by atoms with E-state index in [2.05, 4.69) is 14.9 Å². The van der Waals surface area contributed by atoms with Crippen molar-refractivity contribution in [3.8, 4) is 0 Å². The Labute approximate surface area is 97.1 Å². The van der Waals surface area contributed by atoms with E-state index < -0.39 is 0 Å². The Kier molecular flexibility index (Phi) is 2.82. The van der Waals surface area contributed by atoms with Gasteiger partial charge in [-0.15, -0.1) is 0 Å². The van der Waals surface area contributed by atoms with Gasteiger partial charge in [0.25, 0.3) is 5.91 Å². The number of rotatable bonds is 3. The van der Waals surface area contributed by atoms with Gasteiger partial charge in [0.2, 0.25) is 11.5 Å². The zero-order chi connectivity index (χ0) is 12.4. The van der Waals surface area contributed by atoms with Crippen molar-refractivity contribution >= 4 is 11.7 Å². The first-order valence-electron chi connectivity index (χ1n) is 4.96. The summed E-state index contributed by atoms with van der Waals surface area (Å²) in [6.45, 7) is 2.17. The Bertz CT molecular complexity index is 531. The molecule has 0 saturated heterocycles. The molecule has 2 heterocycles. The number of anilines is 1. The number of nitrogens with two attached hydrogens (primary N) is 1. The first-order valence-corrected chi connectivity index (χ1v) is 4.96. The summed E-state index contributed by atoms with van der Waals surface area (Å²) in [4.78, 5) is 13.3. The highest BCUT2D eigenvalue weighted by Crippen LogP contribution is 2.12. The summed E-state index contributed by atoms with van der Waals surface area (Å²) in [5, 5.41) is 6.80. The van der Waals surface area contributed by atoms with Crippen molar-refractivity contribution in [3.05, 3.63) is 29.3 Å². The maximum Gasteiger partial charge on any atom is 0.280 e. The monoisotopic (exact) mass is 236 g/mol. The van der Waals surface area contributed by atoms with Crippen LogP contribution in [0.5, 0.6) is 0 Å². The number of nitrogens with zero attached hydrogens (tertiary/aromatic N) is 3. The smallest absolute Gasteiger partial charge is 0.280 e. The van der Waals surface area contributed by atoms with Gasteiger partial charge in [0, 0.05) is 7.05 Å². The topological polar surface area (TPSA) is 98.4 Å². The van der Waals surface area contributed by atoms with E-state index in [4.69, 9.17) is 10.2 Å². The second kappa shape index (κ2) is 4.28. The molecule has 0 radical (unpaired) electrons.